The summed E-state index contributed by atoms with van der Waals surface area (Å²) < 4.78 is 32.5. The molecule has 0 fully saturated rings. The zero-order chi connectivity index (χ0) is 24.9. The topological polar surface area (TPSA) is 133 Å². The van der Waals surface area contributed by atoms with Crippen LogP contribution in [0.15, 0.2) is 53.7 Å². The van der Waals surface area contributed by atoms with Crippen LogP contribution in [0.1, 0.15) is 27.9 Å². The maximum Gasteiger partial charge on any atom is 0.257 e. The number of nitrogens with one attached hydrogen (secondary N) is 3. The molecule has 0 radical (unpaired) electrons. The number of anilines is 2. The number of ether oxygens (including phenoxy) is 1. The van der Waals surface area contributed by atoms with E-state index < -0.39 is 10.0 Å². The average molecular weight is 486 g/mol. The number of aromatic nitrogens is 2. The highest BCUT2D eigenvalue weighted by Gasteiger charge is 2.25. The van der Waals surface area contributed by atoms with E-state index in [1.165, 1.54) is 20.4 Å². The number of methoxy groups -OCH3 is 1. The van der Waals surface area contributed by atoms with Crippen LogP contribution in [0.3, 0.4) is 0 Å². The summed E-state index contributed by atoms with van der Waals surface area (Å²) in [6, 6.07) is 9.66. The number of hydrogen-bond donors (Lipinski definition) is 3. The van der Waals surface area contributed by atoms with E-state index in [9.17, 15) is 18.0 Å². The Labute approximate surface area is 198 Å². The normalized spacial score (nSPS) is 11.3. The van der Waals surface area contributed by atoms with Crippen LogP contribution in [0.4, 0.5) is 11.6 Å². The van der Waals surface area contributed by atoms with Crippen molar-refractivity contribution in [1.82, 2.24) is 14.3 Å². The van der Waals surface area contributed by atoms with Crippen LogP contribution in [-0.2, 0) is 14.8 Å². The lowest BCUT2D eigenvalue weighted by atomic mass is 10.1. The summed E-state index contributed by atoms with van der Waals surface area (Å²) in [4.78, 5) is 31.5. The van der Waals surface area contributed by atoms with Crippen molar-refractivity contribution in [3.05, 3.63) is 65.5 Å². The summed E-state index contributed by atoms with van der Waals surface area (Å²) in [5, 5.41) is 5.32. The molecule has 0 saturated heterocycles. The molecule has 10 nitrogen and oxygen atoms in total. The van der Waals surface area contributed by atoms with Crippen molar-refractivity contribution < 1.29 is 22.7 Å². The van der Waals surface area contributed by atoms with E-state index in [0.29, 0.717) is 34.1 Å². The van der Waals surface area contributed by atoms with Crippen molar-refractivity contribution in [2.75, 3.05) is 31.3 Å². The minimum Gasteiger partial charge on any atom is -0.497 e. The number of imidazole rings is 1. The van der Waals surface area contributed by atoms with Gasteiger partial charge in [0.2, 0.25) is 21.9 Å². The highest BCUT2D eigenvalue weighted by molar-refractivity contribution is 7.89. The number of sulfonamides is 1. The zero-order valence-corrected chi connectivity index (χ0v) is 20.2. The van der Waals surface area contributed by atoms with Crippen LogP contribution in [0.5, 0.6) is 5.75 Å². The lowest BCUT2D eigenvalue weighted by Crippen LogP contribution is -2.31. The molecular weight excluding hydrogens is 458 g/mol. The van der Waals surface area contributed by atoms with E-state index in [1.54, 1.807) is 56.4 Å². The van der Waals surface area contributed by atoms with Gasteiger partial charge in [-0.05, 0) is 61.4 Å². The van der Waals surface area contributed by atoms with Crippen molar-refractivity contribution in [2.24, 2.45) is 0 Å². The molecule has 3 rings (SSSR count). The number of aryl methyl sites for hydroxylation is 2. The molecule has 11 heteroatoms. The summed E-state index contributed by atoms with van der Waals surface area (Å²) in [5.41, 5.74) is 2.03. The van der Waals surface area contributed by atoms with Gasteiger partial charge >= 0.3 is 0 Å². The molecule has 34 heavy (non-hydrogen) atoms. The molecule has 2 aromatic carbocycles. The number of amides is 2. The fourth-order valence-electron chi connectivity index (χ4n) is 3.41. The van der Waals surface area contributed by atoms with Crippen LogP contribution in [0.25, 0.3) is 0 Å². The van der Waals surface area contributed by atoms with Gasteiger partial charge < -0.3 is 15.0 Å². The number of benzene rings is 2. The smallest absolute Gasteiger partial charge is 0.257 e. The molecule has 180 valence electrons. The standard InChI is InChI=1S/C23H27N5O5S/c1-15-13-19(33-4)14-16(2)21(15)34(31,32)28(3)12-9-20(29)26-18-7-5-17(6-8-18)22(30)27-23-24-10-11-25-23/h5-8,10-11,13-14H,9,12H2,1-4H3,(H,26,29)(H2,24,25,27,30). The number of aromatic amines is 1. The molecular formula is C23H27N5O5S. The second-order valence-corrected chi connectivity index (χ2v) is 9.67. The predicted octanol–water partition coefficient (Wildman–Crippen LogP) is 2.94. The number of carbonyl (C=O) groups excluding carboxylic acids is 2. The van der Waals surface area contributed by atoms with Crippen LogP contribution < -0.4 is 15.4 Å². The lowest BCUT2D eigenvalue weighted by molar-refractivity contribution is -0.116. The Balaban J connectivity index is 1.57. The van der Waals surface area contributed by atoms with E-state index >= 15 is 0 Å². The van der Waals surface area contributed by atoms with E-state index in [1.807, 2.05) is 0 Å². The Kier molecular flexibility index (Phi) is 7.69. The maximum absolute atomic E-state index is 13.1. The molecule has 0 aliphatic carbocycles. The fraction of sp³-hybridized carbons (Fsp3) is 0.261. The van der Waals surface area contributed by atoms with Gasteiger partial charge in [-0.1, -0.05) is 0 Å². The highest BCUT2D eigenvalue weighted by Crippen LogP contribution is 2.27. The summed E-state index contributed by atoms with van der Waals surface area (Å²) in [7, 11) is -0.818. The van der Waals surface area contributed by atoms with Crippen molar-refractivity contribution in [3.63, 3.8) is 0 Å². The number of nitrogens with zero attached hydrogens (tertiary/aromatic N) is 2. The lowest BCUT2D eigenvalue weighted by Gasteiger charge is -2.20. The van der Waals surface area contributed by atoms with Gasteiger partial charge in [0.1, 0.15) is 5.75 Å². The molecule has 0 aliphatic rings. The minimum atomic E-state index is -3.78. The number of H-pyrrole nitrogens is 1. The second kappa shape index (κ2) is 10.5. The predicted molar refractivity (Wildman–Crippen MR) is 129 cm³/mol. The Morgan fingerprint density at radius 3 is 2.29 bits per heavy atom. The summed E-state index contributed by atoms with van der Waals surface area (Å²) >= 11 is 0. The molecule has 3 aromatic rings. The van der Waals surface area contributed by atoms with Crippen LogP contribution in [0, 0.1) is 13.8 Å². The van der Waals surface area contributed by atoms with Crippen molar-refractivity contribution in [1.29, 1.82) is 0 Å². The van der Waals surface area contributed by atoms with Gasteiger partial charge in [-0.2, -0.15) is 0 Å². The van der Waals surface area contributed by atoms with Gasteiger partial charge in [0.15, 0.2) is 0 Å². The van der Waals surface area contributed by atoms with Crippen molar-refractivity contribution >= 4 is 33.5 Å². The van der Waals surface area contributed by atoms with Gasteiger partial charge in [-0.3, -0.25) is 14.9 Å². The third-order valence-electron chi connectivity index (χ3n) is 5.15. The van der Waals surface area contributed by atoms with Gasteiger partial charge in [-0.15, -0.1) is 0 Å². The Morgan fingerprint density at radius 1 is 1.09 bits per heavy atom. The van der Waals surface area contributed by atoms with Crippen LogP contribution >= 0.6 is 0 Å². The monoisotopic (exact) mass is 485 g/mol. The first-order chi connectivity index (χ1) is 16.1. The summed E-state index contributed by atoms with van der Waals surface area (Å²) in [6.45, 7) is 3.42. The second-order valence-electron chi connectivity index (χ2n) is 7.68. The van der Waals surface area contributed by atoms with E-state index in [4.69, 9.17) is 4.74 Å². The first-order valence-corrected chi connectivity index (χ1v) is 11.9. The van der Waals surface area contributed by atoms with Gasteiger partial charge in [0.25, 0.3) is 5.91 Å². The molecule has 0 bridgehead atoms. The largest absolute Gasteiger partial charge is 0.497 e. The quantitative estimate of drug-likeness (QED) is 0.427. The zero-order valence-electron chi connectivity index (χ0n) is 19.4. The molecule has 0 spiro atoms. The third-order valence-corrected chi connectivity index (χ3v) is 7.32. The van der Waals surface area contributed by atoms with Gasteiger partial charge in [-0.25, -0.2) is 17.7 Å². The first-order valence-electron chi connectivity index (χ1n) is 10.4. The maximum atomic E-state index is 13.1. The molecule has 0 aliphatic heterocycles. The van der Waals surface area contributed by atoms with E-state index in [2.05, 4.69) is 20.6 Å². The molecule has 0 unspecified atom stereocenters. The molecule has 1 aromatic heterocycles. The van der Waals surface area contributed by atoms with Gasteiger partial charge in [0.05, 0.1) is 12.0 Å². The molecule has 0 atom stereocenters. The van der Waals surface area contributed by atoms with Crippen molar-refractivity contribution in [3.8, 4) is 5.75 Å². The number of rotatable bonds is 9. The number of carbonyl (C=O) groups is 2. The Bertz CT molecular complexity index is 1250. The van der Waals surface area contributed by atoms with Crippen molar-refractivity contribution in [2.45, 2.75) is 25.2 Å². The number of hydrogen-bond acceptors (Lipinski definition) is 6. The molecule has 3 N–H and O–H groups in total. The van der Waals surface area contributed by atoms with Gasteiger partial charge in [0, 0.05) is 43.7 Å². The van der Waals surface area contributed by atoms with Crippen LogP contribution in [0.2, 0.25) is 0 Å². The molecule has 0 saturated carbocycles. The SMILES string of the molecule is COc1cc(C)c(S(=O)(=O)N(C)CCC(=O)Nc2ccc(C(=O)Nc3ncc[nH]3)cc2)c(C)c1. The third kappa shape index (κ3) is 5.80. The Hall–Kier alpha value is -3.70. The molecule has 1 heterocycles. The summed E-state index contributed by atoms with van der Waals surface area (Å²) in [5.74, 6) is 0.226. The fourth-order valence-corrected chi connectivity index (χ4v) is 4.99. The highest BCUT2D eigenvalue weighted by atomic mass is 32.2. The average Bonchev–Trinajstić information content (AvgIpc) is 3.30. The molecule has 2 amide bonds. The summed E-state index contributed by atoms with van der Waals surface area (Å²) in [6.07, 6.45) is 3.08. The minimum absolute atomic E-state index is 0.00269. The van der Waals surface area contributed by atoms with Crippen LogP contribution in [-0.4, -0.2) is 55.2 Å². The first kappa shape index (κ1) is 24.9. The Morgan fingerprint density at radius 2 is 1.74 bits per heavy atom. The van der Waals surface area contributed by atoms with E-state index in [0.717, 1.165) is 4.31 Å². The van der Waals surface area contributed by atoms with E-state index in [-0.39, 0.29) is 29.7 Å².